The molecule has 1 aliphatic heterocycles. The molecule has 1 aliphatic rings. The highest BCUT2D eigenvalue weighted by Crippen LogP contribution is 2.30. The monoisotopic (exact) mass is 345 g/mol. The second-order valence-electron chi connectivity index (χ2n) is 7.35. The number of aromatic nitrogens is 2. The van der Waals surface area contributed by atoms with Gasteiger partial charge in [-0.15, -0.1) is 0 Å². The van der Waals surface area contributed by atoms with Crippen molar-refractivity contribution in [2.45, 2.75) is 32.2 Å². The number of imidazole rings is 1. The third-order valence-corrected chi connectivity index (χ3v) is 5.67. The number of benzene rings is 2. The Kier molecular flexibility index (Phi) is 3.79. The molecule has 1 N–H and O–H groups in total. The van der Waals surface area contributed by atoms with Crippen LogP contribution in [0, 0.1) is 0 Å². The molecule has 0 amide bonds. The first-order valence-electron chi connectivity index (χ1n) is 9.47. The van der Waals surface area contributed by atoms with Crippen molar-refractivity contribution in [1.82, 2.24) is 14.9 Å². The maximum atomic E-state index is 6.16. The third kappa shape index (κ3) is 2.71. The number of hydrogen-bond donors (Lipinski definition) is 1. The first-order valence-corrected chi connectivity index (χ1v) is 9.47. The summed E-state index contributed by atoms with van der Waals surface area (Å²) >= 11 is 0. The van der Waals surface area contributed by atoms with E-state index in [1.807, 2.05) is 0 Å². The van der Waals surface area contributed by atoms with Gasteiger partial charge in [-0.2, -0.15) is 0 Å². The van der Waals surface area contributed by atoms with E-state index < -0.39 is 0 Å². The van der Waals surface area contributed by atoms with Gasteiger partial charge >= 0.3 is 0 Å². The molecule has 3 heterocycles. The summed E-state index contributed by atoms with van der Waals surface area (Å²) in [5, 5.41) is 1.17. The maximum absolute atomic E-state index is 6.16. The van der Waals surface area contributed by atoms with Crippen LogP contribution in [0.5, 0.6) is 0 Å². The number of hydrogen-bond acceptors (Lipinski definition) is 3. The zero-order chi connectivity index (χ0) is 17.5. The molecule has 0 aliphatic carbocycles. The molecule has 0 radical (unpaired) electrons. The molecule has 1 saturated heterocycles. The number of nitrogens with zero attached hydrogens (tertiary/aromatic N) is 2. The van der Waals surface area contributed by atoms with Crippen LogP contribution in [0.25, 0.3) is 33.1 Å². The predicted molar refractivity (Wildman–Crippen MR) is 105 cm³/mol. The SMILES string of the molecule is CC1CCCN1CCc1cc2ccc(-c3cccc4[nH]cnc34)cc2o1. The van der Waals surface area contributed by atoms with E-state index in [0.29, 0.717) is 6.04 Å². The van der Waals surface area contributed by atoms with Gasteiger partial charge in [0.2, 0.25) is 0 Å². The maximum Gasteiger partial charge on any atom is 0.134 e. The predicted octanol–water partition coefficient (Wildman–Crippen LogP) is 5.00. The number of H-pyrrole nitrogens is 1. The van der Waals surface area contributed by atoms with Gasteiger partial charge < -0.3 is 14.3 Å². The van der Waals surface area contributed by atoms with Crippen molar-refractivity contribution in [1.29, 1.82) is 0 Å². The van der Waals surface area contributed by atoms with Gasteiger partial charge in [-0.25, -0.2) is 4.98 Å². The van der Waals surface area contributed by atoms with E-state index in [9.17, 15) is 0 Å². The molecular weight excluding hydrogens is 322 g/mol. The molecule has 26 heavy (non-hydrogen) atoms. The van der Waals surface area contributed by atoms with E-state index in [2.05, 4.69) is 64.3 Å². The number of para-hydroxylation sites is 1. The van der Waals surface area contributed by atoms with Crippen molar-refractivity contribution in [2.24, 2.45) is 0 Å². The highest BCUT2D eigenvalue weighted by molar-refractivity contribution is 5.94. The second-order valence-corrected chi connectivity index (χ2v) is 7.35. The molecule has 0 bridgehead atoms. The van der Waals surface area contributed by atoms with Crippen LogP contribution in [-0.2, 0) is 6.42 Å². The van der Waals surface area contributed by atoms with Crippen molar-refractivity contribution >= 4 is 22.0 Å². The number of fused-ring (bicyclic) bond motifs is 2. The number of likely N-dealkylation sites (tertiary alicyclic amines) is 1. The normalized spacial score (nSPS) is 18.3. The topological polar surface area (TPSA) is 45.1 Å². The molecule has 132 valence electrons. The smallest absolute Gasteiger partial charge is 0.134 e. The van der Waals surface area contributed by atoms with E-state index >= 15 is 0 Å². The number of nitrogens with one attached hydrogen (secondary N) is 1. The lowest BCUT2D eigenvalue weighted by molar-refractivity contribution is 0.266. The van der Waals surface area contributed by atoms with Crippen molar-refractivity contribution in [3.05, 3.63) is 54.6 Å². The molecule has 1 fully saturated rings. The molecule has 2 aromatic carbocycles. The van der Waals surface area contributed by atoms with Gasteiger partial charge in [-0.05, 0) is 50.1 Å². The molecule has 5 rings (SSSR count). The molecular formula is C22H23N3O. The van der Waals surface area contributed by atoms with Crippen molar-refractivity contribution in [3.63, 3.8) is 0 Å². The third-order valence-electron chi connectivity index (χ3n) is 5.67. The van der Waals surface area contributed by atoms with Crippen LogP contribution in [0.3, 0.4) is 0 Å². The van der Waals surface area contributed by atoms with Crippen LogP contribution in [-0.4, -0.2) is 34.0 Å². The summed E-state index contributed by atoms with van der Waals surface area (Å²) in [5.74, 6) is 1.08. The molecule has 1 unspecified atom stereocenters. The standard InChI is InChI=1S/C22H23N3O/c1-15-4-3-10-25(15)11-9-18-12-17-8-7-16(13-21(17)26-18)19-5-2-6-20-22(19)24-14-23-20/h2,5-8,12-15H,3-4,9-11H2,1H3,(H,23,24). The lowest BCUT2D eigenvalue weighted by Crippen LogP contribution is -2.28. The lowest BCUT2D eigenvalue weighted by atomic mass is 10.0. The van der Waals surface area contributed by atoms with Gasteiger partial charge in [0.05, 0.1) is 17.4 Å². The van der Waals surface area contributed by atoms with Crippen molar-refractivity contribution in [3.8, 4) is 11.1 Å². The molecule has 0 saturated carbocycles. The van der Waals surface area contributed by atoms with Crippen LogP contribution >= 0.6 is 0 Å². The molecule has 4 heteroatoms. The van der Waals surface area contributed by atoms with Crippen LogP contribution in [0.1, 0.15) is 25.5 Å². The van der Waals surface area contributed by atoms with E-state index in [1.165, 1.54) is 24.8 Å². The molecule has 1 atom stereocenters. The largest absolute Gasteiger partial charge is 0.461 e. The van der Waals surface area contributed by atoms with Gasteiger partial charge in [0, 0.05) is 30.0 Å². The van der Waals surface area contributed by atoms with Gasteiger partial charge in [-0.3, -0.25) is 0 Å². The second kappa shape index (κ2) is 6.29. The van der Waals surface area contributed by atoms with Gasteiger partial charge in [-0.1, -0.05) is 24.3 Å². The Morgan fingerprint density at radius 1 is 1.23 bits per heavy atom. The number of rotatable bonds is 4. The molecule has 4 nitrogen and oxygen atoms in total. The Labute approximate surface area is 152 Å². The summed E-state index contributed by atoms with van der Waals surface area (Å²) < 4.78 is 6.16. The number of furan rings is 1. The van der Waals surface area contributed by atoms with Gasteiger partial charge in [0.1, 0.15) is 11.3 Å². The van der Waals surface area contributed by atoms with Crippen LogP contribution in [0.2, 0.25) is 0 Å². The summed E-state index contributed by atoms with van der Waals surface area (Å²) in [7, 11) is 0. The minimum atomic E-state index is 0.709. The van der Waals surface area contributed by atoms with Gasteiger partial charge in [0.15, 0.2) is 0 Å². The zero-order valence-electron chi connectivity index (χ0n) is 15.0. The fourth-order valence-electron chi connectivity index (χ4n) is 4.15. The Hall–Kier alpha value is -2.59. The summed E-state index contributed by atoms with van der Waals surface area (Å²) in [6.07, 6.45) is 5.37. The Balaban J connectivity index is 1.44. The Bertz CT molecular complexity index is 1060. The Morgan fingerprint density at radius 3 is 3.08 bits per heavy atom. The fraction of sp³-hybridized carbons (Fsp3) is 0.318. The van der Waals surface area contributed by atoms with E-state index in [1.54, 1.807) is 6.33 Å². The Morgan fingerprint density at radius 2 is 2.19 bits per heavy atom. The van der Waals surface area contributed by atoms with E-state index in [-0.39, 0.29) is 0 Å². The first-order chi connectivity index (χ1) is 12.8. The average molecular weight is 345 g/mol. The quantitative estimate of drug-likeness (QED) is 0.566. The highest BCUT2D eigenvalue weighted by atomic mass is 16.3. The zero-order valence-corrected chi connectivity index (χ0v) is 15.0. The minimum absolute atomic E-state index is 0.709. The summed E-state index contributed by atoms with van der Waals surface area (Å²) in [4.78, 5) is 10.2. The van der Waals surface area contributed by atoms with Crippen LogP contribution in [0.15, 0.2) is 53.2 Å². The fourth-order valence-corrected chi connectivity index (χ4v) is 4.15. The van der Waals surface area contributed by atoms with E-state index in [0.717, 1.165) is 46.5 Å². The average Bonchev–Trinajstić information content (AvgIpc) is 3.38. The van der Waals surface area contributed by atoms with E-state index in [4.69, 9.17) is 4.42 Å². The summed E-state index contributed by atoms with van der Waals surface area (Å²) in [6.45, 7) is 4.63. The minimum Gasteiger partial charge on any atom is -0.461 e. The first kappa shape index (κ1) is 15.6. The molecule has 4 aromatic rings. The number of aromatic amines is 1. The molecule has 2 aromatic heterocycles. The van der Waals surface area contributed by atoms with Crippen LogP contribution in [0.4, 0.5) is 0 Å². The molecule has 0 spiro atoms. The lowest BCUT2D eigenvalue weighted by Gasteiger charge is -2.19. The highest BCUT2D eigenvalue weighted by Gasteiger charge is 2.20. The van der Waals surface area contributed by atoms with Crippen LogP contribution < -0.4 is 0 Å². The summed E-state index contributed by atoms with van der Waals surface area (Å²) in [5.41, 5.74) is 5.29. The van der Waals surface area contributed by atoms with Crippen molar-refractivity contribution in [2.75, 3.05) is 13.1 Å². The van der Waals surface area contributed by atoms with Gasteiger partial charge in [0.25, 0.3) is 0 Å². The van der Waals surface area contributed by atoms with Crippen molar-refractivity contribution < 1.29 is 4.42 Å². The summed E-state index contributed by atoms with van der Waals surface area (Å²) in [6, 6.07) is 15.6.